The summed E-state index contributed by atoms with van der Waals surface area (Å²) in [5.74, 6) is 0.623. The van der Waals surface area contributed by atoms with Crippen LogP contribution in [0.4, 0.5) is 6.01 Å². The van der Waals surface area contributed by atoms with E-state index >= 15 is 0 Å². The molecule has 0 unspecified atom stereocenters. The molecule has 0 atom stereocenters. The highest BCUT2D eigenvalue weighted by Crippen LogP contribution is 2.12. The fourth-order valence-corrected chi connectivity index (χ4v) is 1.66. The van der Waals surface area contributed by atoms with Gasteiger partial charge >= 0.3 is 6.01 Å². The van der Waals surface area contributed by atoms with Gasteiger partial charge in [0, 0.05) is 26.7 Å². The average molecular weight is 256 g/mol. The van der Waals surface area contributed by atoms with Gasteiger partial charge in [-0.2, -0.15) is 0 Å². The Bertz CT molecular complexity index is 311. The van der Waals surface area contributed by atoms with Gasteiger partial charge in [0.1, 0.15) is 0 Å². The summed E-state index contributed by atoms with van der Waals surface area (Å²) < 4.78 is 10.6. The zero-order chi connectivity index (χ0) is 13.2. The lowest BCUT2D eigenvalue weighted by Gasteiger charge is -2.17. The van der Waals surface area contributed by atoms with E-state index in [1.165, 1.54) is 0 Å². The van der Waals surface area contributed by atoms with Crippen molar-refractivity contribution in [1.82, 2.24) is 15.5 Å². The zero-order valence-corrected chi connectivity index (χ0v) is 11.6. The van der Waals surface area contributed by atoms with Crippen molar-refractivity contribution in [2.24, 2.45) is 0 Å². The third-order valence-corrected chi connectivity index (χ3v) is 2.47. The normalized spacial score (nSPS) is 10.8. The average Bonchev–Trinajstić information content (AvgIpc) is 2.83. The second-order valence-electron chi connectivity index (χ2n) is 4.13. The summed E-state index contributed by atoms with van der Waals surface area (Å²) >= 11 is 0. The summed E-state index contributed by atoms with van der Waals surface area (Å²) in [7, 11) is 1.68. The van der Waals surface area contributed by atoms with Crippen LogP contribution in [0.25, 0.3) is 0 Å². The first-order valence-electron chi connectivity index (χ1n) is 6.58. The Morgan fingerprint density at radius 2 is 1.94 bits per heavy atom. The van der Waals surface area contributed by atoms with Crippen molar-refractivity contribution in [3.8, 4) is 0 Å². The third-order valence-electron chi connectivity index (χ3n) is 2.47. The van der Waals surface area contributed by atoms with Crippen LogP contribution in [0.3, 0.4) is 0 Å². The molecule has 104 valence electrons. The highest BCUT2D eigenvalue weighted by molar-refractivity contribution is 5.23. The molecule has 0 saturated carbocycles. The Kier molecular flexibility index (Phi) is 7.36. The van der Waals surface area contributed by atoms with Crippen molar-refractivity contribution in [2.75, 3.05) is 38.3 Å². The number of rotatable bonds is 10. The van der Waals surface area contributed by atoms with Crippen LogP contribution in [0.1, 0.15) is 32.6 Å². The van der Waals surface area contributed by atoms with E-state index in [-0.39, 0.29) is 0 Å². The van der Waals surface area contributed by atoms with E-state index in [0.717, 1.165) is 32.5 Å². The fourth-order valence-electron chi connectivity index (χ4n) is 1.66. The standard InChI is InChI=1S/C12H24N4O2/c1-4-7-16(8-5-2)12-15-14-11(18-12)10-13-6-9-17-3/h13H,4-10H2,1-3H3. The Labute approximate surface area is 109 Å². The lowest BCUT2D eigenvalue weighted by molar-refractivity contribution is 0.198. The van der Waals surface area contributed by atoms with Crippen LogP contribution in [0.5, 0.6) is 0 Å². The topological polar surface area (TPSA) is 63.4 Å². The Morgan fingerprint density at radius 3 is 2.56 bits per heavy atom. The molecule has 1 heterocycles. The molecule has 1 aromatic rings. The van der Waals surface area contributed by atoms with Crippen molar-refractivity contribution in [1.29, 1.82) is 0 Å². The number of ether oxygens (including phenoxy) is 1. The summed E-state index contributed by atoms with van der Waals surface area (Å²) in [5, 5.41) is 11.3. The minimum absolute atomic E-state index is 0.586. The smallest absolute Gasteiger partial charge is 0.318 e. The van der Waals surface area contributed by atoms with Crippen LogP contribution in [-0.2, 0) is 11.3 Å². The second-order valence-corrected chi connectivity index (χ2v) is 4.13. The maximum absolute atomic E-state index is 5.63. The first-order valence-corrected chi connectivity index (χ1v) is 6.58. The molecule has 1 rings (SSSR count). The molecule has 0 spiro atoms. The van der Waals surface area contributed by atoms with Crippen molar-refractivity contribution in [2.45, 2.75) is 33.2 Å². The number of hydrogen-bond acceptors (Lipinski definition) is 6. The number of methoxy groups -OCH3 is 1. The molecule has 0 aromatic carbocycles. The summed E-state index contributed by atoms with van der Waals surface area (Å²) in [4.78, 5) is 2.13. The molecule has 0 aliphatic rings. The second kappa shape index (κ2) is 8.88. The van der Waals surface area contributed by atoms with Gasteiger partial charge in [-0.15, -0.1) is 5.10 Å². The number of aromatic nitrogens is 2. The molecule has 6 heteroatoms. The molecular formula is C12H24N4O2. The van der Waals surface area contributed by atoms with Crippen molar-refractivity contribution >= 4 is 6.01 Å². The fraction of sp³-hybridized carbons (Fsp3) is 0.833. The molecule has 1 N–H and O–H groups in total. The molecule has 0 bridgehead atoms. The van der Waals surface area contributed by atoms with Crippen LogP contribution in [0.15, 0.2) is 4.42 Å². The first-order chi connectivity index (χ1) is 8.81. The summed E-state index contributed by atoms with van der Waals surface area (Å²) in [6.45, 7) is 8.24. The number of anilines is 1. The van der Waals surface area contributed by atoms with Gasteiger partial charge < -0.3 is 19.4 Å². The van der Waals surface area contributed by atoms with E-state index in [1.54, 1.807) is 7.11 Å². The maximum atomic E-state index is 5.63. The monoisotopic (exact) mass is 256 g/mol. The van der Waals surface area contributed by atoms with Gasteiger partial charge in [0.15, 0.2) is 0 Å². The minimum Gasteiger partial charge on any atom is -0.407 e. The summed E-state index contributed by atoms with van der Waals surface area (Å²) in [6, 6.07) is 0.627. The van der Waals surface area contributed by atoms with E-state index in [0.29, 0.717) is 25.1 Å². The van der Waals surface area contributed by atoms with E-state index < -0.39 is 0 Å². The zero-order valence-electron chi connectivity index (χ0n) is 11.6. The van der Waals surface area contributed by atoms with Crippen molar-refractivity contribution in [3.05, 3.63) is 5.89 Å². The van der Waals surface area contributed by atoms with Crippen LogP contribution in [-0.4, -0.2) is 43.5 Å². The Balaban J connectivity index is 2.44. The van der Waals surface area contributed by atoms with E-state index in [9.17, 15) is 0 Å². The quantitative estimate of drug-likeness (QED) is 0.639. The van der Waals surface area contributed by atoms with Gasteiger partial charge in [-0.25, -0.2) is 0 Å². The lowest BCUT2D eigenvalue weighted by atomic mass is 10.4. The van der Waals surface area contributed by atoms with E-state index in [4.69, 9.17) is 9.15 Å². The van der Waals surface area contributed by atoms with Gasteiger partial charge in [0.05, 0.1) is 13.2 Å². The Morgan fingerprint density at radius 1 is 1.22 bits per heavy atom. The molecule has 0 aliphatic heterocycles. The van der Waals surface area contributed by atoms with Gasteiger partial charge in [-0.3, -0.25) is 0 Å². The largest absolute Gasteiger partial charge is 0.407 e. The van der Waals surface area contributed by atoms with Crippen LogP contribution in [0, 0.1) is 0 Å². The van der Waals surface area contributed by atoms with Crippen LogP contribution >= 0.6 is 0 Å². The molecule has 0 radical (unpaired) electrons. The lowest BCUT2D eigenvalue weighted by Crippen LogP contribution is -2.25. The summed E-state index contributed by atoms with van der Waals surface area (Å²) in [5.41, 5.74) is 0. The molecule has 18 heavy (non-hydrogen) atoms. The van der Waals surface area contributed by atoms with Gasteiger partial charge in [-0.1, -0.05) is 18.9 Å². The van der Waals surface area contributed by atoms with Crippen LogP contribution < -0.4 is 10.2 Å². The molecule has 0 aliphatic carbocycles. The minimum atomic E-state index is 0.586. The third kappa shape index (κ3) is 5.01. The summed E-state index contributed by atoms with van der Waals surface area (Å²) in [6.07, 6.45) is 2.15. The molecule has 0 amide bonds. The molecule has 0 fully saturated rings. The SMILES string of the molecule is CCCN(CCC)c1nnc(CNCCOC)o1. The molecule has 1 aromatic heterocycles. The predicted molar refractivity (Wildman–Crippen MR) is 70.7 cm³/mol. The Hall–Kier alpha value is -1.14. The van der Waals surface area contributed by atoms with Crippen LogP contribution in [0.2, 0.25) is 0 Å². The van der Waals surface area contributed by atoms with Crippen molar-refractivity contribution < 1.29 is 9.15 Å². The van der Waals surface area contributed by atoms with E-state index in [1.807, 2.05) is 0 Å². The number of nitrogens with one attached hydrogen (secondary N) is 1. The molecule has 0 saturated heterocycles. The highest BCUT2D eigenvalue weighted by Gasteiger charge is 2.12. The van der Waals surface area contributed by atoms with E-state index in [2.05, 4.69) is 34.3 Å². The number of nitrogens with zero attached hydrogens (tertiary/aromatic N) is 3. The van der Waals surface area contributed by atoms with Gasteiger partial charge in [0.2, 0.25) is 5.89 Å². The van der Waals surface area contributed by atoms with Gasteiger partial charge in [-0.05, 0) is 12.8 Å². The first kappa shape index (κ1) is 14.9. The maximum Gasteiger partial charge on any atom is 0.318 e. The van der Waals surface area contributed by atoms with Gasteiger partial charge in [0.25, 0.3) is 0 Å². The predicted octanol–water partition coefficient (Wildman–Crippen LogP) is 1.43. The van der Waals surface area contributed by atoms with Crippen molar-refractivity contribution in [3.63, 3.8) is 0 Å². The highest BCUT2D eigenvalue weighted by atomic mass is 16.5. The number of hydrogen-bond donors (Lipinski definition) is 1. The molecular weight excluding hydrogens is 232 g/mol. The molecule has 6 nitrogen and oxygen atoms in total.